The molecule has 4 heterocycles. The van der Waals surface area contributed by atoms with Crippen molar-refractivity contribution in [2.24, 2.45) is 0 Å². The Bertz CT molecular complexity index is 718. The molecule has 0 aliphatic carbocycles. The second kappa shape index (κ2) is 4.49. The SMILES string of the molecule is [c]1nc2c(cc1C1NC=Cc3ccncc31)C=CNC2. The van der Waals surface area contributed by atoms with Gasteiger partial charge in [0.15, 0.2) is 0 Å². The van der Waals surface area contributed by atoms with Gasteiger partial charge in [-0.2, -0.15) is 0 Å². The van der Waals surface area contributed by atoms with E-state index in [0.29, 0.717) is 0 Å². The van der Waals surface area contributed by atoms with Gasteiger partial charge >= 0.3 is 0 Å². The van der Waals surface area contributed by atoms with Crippen LogP contribution in [0.5, 0.6) is 0 Å². The minimum absolute atomic E-state index is 0.0600. The number of fused-ring (bicyclic) bond motifs is 2. The second-order valence-corrected chi connectivity index (χ2v) is 4.88. The highest BCUT2D eigenvalue weighted by molar-refractivity contribution is 5.59. The summed E-state index contributed by atoms with van der Waals surface area (Å²) in [7, 11) is 0. The van der Waals surface area contributed by atoms with E-state index in [0.717, 1.165) is 28.9 Å². The van der Waals surface area contributed by atoms with Gasteiger partial charge in [0.05, 0.1) is 24.5 Å². The van der Waals surface area contributed by atoms with E-state index in [-0.39, 0.29) is 6.04 Å². The first kappa shape index (κ1) is 11.2. The molecule has 1 radical (unpaired) electrons. The van der Waals surface area contributed by atoms with Crippen LogP contribution in [0.2, 0.25) is 0 Å². The molecule has 2 aromatic rings. The molecule has 4 rings (SSSR count). The van der Waals surface area contributed by atoms with Gasteiger partial charge in [0.2, 0.25) is 0 Å². The van der Waals surface area contributed by atoms with Crippen LogP contribution >= 0.6 is 0 Å². The molecule has 0 saturated heterocycles. The van der Waals surface area contributed by atoms with Crippen molar-refractivity contribution in [2.75, 3.05) is 0 Å². The monoisotopic (exact) mass is 261 g/mol. The largest absolute Gasteiger partial charge is 0.385 e. The van der Waals surface area contributed by atoms with E-state index >= 15 is 0 Å². The Morgan fingerprint density at radius 2 is 2.15 bits per heavy atom. The Kier molecular flexibility index (Phi) is 2.52. The lowest BCUT2D eigenvalue weighted by atomic mass is 9.93. The Hall–Kier alpha value is -2.62. The quantitative estimate of drug-likeness (QED) is 0.824. The molecule has 2 N–H and O–H groups in total. The van der Waals surface area contributed by atoms with Crippen LogP contribution in [0.15, 0.2) is 36.9 Å². The molecule has 2 aliphatic heterocycles. The summed E-state index contributed by atoms with van der Waals surface area (Å²) in [4.78, 5) is 8.67. The van der Waals surface area contributed by atoms with Gasteiger partial charge in [0.25, 0.3) is 0 Å². The number of hydrogen-bond acceptors (Lipinski definition) is 4. The van der Waals surface area contributed by atoms with Crippen molar-refractivity contribution in [2.45, 2.75) is 12.6 Å². The van der Waals surface area contributed by atoms with Gasteiger partial charge in [-0.25, -0.2) is 4.98 Å². The standard InChI is InChI=1S/C16H13N4/c1-4-17-9-14-11(1)3-6-19-16(14)13-7-12-2-5-18-10-15(12)20-8-13/h1-7,9,16,18-19H,10H2. The summed E-state index contributed by atoms with van der Waals surface area (Å²) in [6.45, 7) is 0.763. The van der Waals surface area contributed by atoms with Gasteiger partial charge in [-0.05, 0) is 47.8 Å². The molecule has 1 unspecified atom stereocenters. The van der Waals surface area contributed by atoms with Crippen molar-refractivity contribution in [3.8, 4) is 0 Å². The van der Waals surface area contributed by atoms with Crippen LogP contribution in [0.3, 0.4) is 0 Å². The maximum atomic E-state index is 4.44. The van der Waals surface area contributed by atoms with Crippen LogP contribution < -0.4 is 10.6 Å². The third kappa shape index (κ3) is 1.77. The zero-order valence-corrected chi connectivity index (χ0v) is 10.8. The molecule has 0 aromatic carbocycles. The Morgan fingerprint density at radius 1 is 1.20 bits per heavy atom. The summed E-state index contributed by atoms with van der Waals surface area (Å²) in [6.07, 6.45) is 14.9. The van der Waals surface area contributed by atoms with Crippen LogP contribution in [-0.2, 0) is 6.54 Å². The molecule has 20 heavy (non-hydrogen) atoms. The minimum atomic E-state index is 0.0600. The Morgan fingerprint density at radius 3 is 3.15 bits per heavy atom. The summed E-state index contributed by atoms with van der Waals surface area (Å²) in [6, 6.07) is 4.23. The lowest BCUT2D eigenvalue weighted by Gasteiger charge is -2.24. The van der Waals surface area contributed by atoms with Crippen molar-refractivity contribution in [3.63, 3.8) is 0 Å². The Labute approximate surface area is 117 Å². The predicted octanol–water partition coefficient (Wildman–Crippen LogP) is 2.01. The second-order valence-electron chi connectivity index (χ2n) is 4.88. The summed E-state index contributed by atoms with van der Waals surface area (Å²) >= 11 is 0. The van der Waals surface area contributed by atoms with Gasteiger partial charge in [-0.3, -0.25) is 4.98 Å². The summed E-state index contributed by atoms with van der Waals surface area (Å²) in [5.41, 5.74) is 5.57. The highest BCUT2D eigenvalue weighted by Gasteiger charge is 2.20. The molecule has 2 aromatic heterocycles. The predicted molar refractivity (Wildman–Crippen MR) is 77.2 cm³/mol. The lowest BCUT2D eigenvalue weighted by molar-refractivity contribution is 0.706. The van der Waals surface area contributed by atoms with E-state index in [4.69, 9.17) is 0 Å². The normalized spacial score (nSPS) is 18.7. The third-order valence-electron chi connectivity index (χ3n) is 3.65. The van der Waals surface area contributed by atoms with Crippen molar-refractivity contribution in [1.29, 1.82) is 0 Å². The van der Waals surface area contributed by atoms with Gasteiger partial charge < -0.3 is 10.6 Å². The fourth-order valence-electron chi connectivity index (χ4n) is 2.61. The van der Waals surface area contributed by atoms with Gasteiger partial charge in [-0.1, -0.05) is 0 Å². The molecule has 1 atom stereocenters. The van der Waals surface area contributed by atoms with Gasteiger partial charge in [-0.15, -0.1) is 0 Å². The number of rotatable bonds is 1. The van der Waals surface area contributed by atoms with Crippen molar-refractivity contribution in [1.82, 2.24) is 20.6 Å². The molecular weight excluding hydrogens is 248 g/mol. The zero-order chi connectivity index (χ0) is 13.4. The molecular formula is C16H13N4. The van der Waals surface area contributed by atoms with E-state index in [9.17, 15) is 0 Å². The fraction of sp³-hybridized carbons (Fsp3) is 0.125. The van der Waals surface area contributed by atoms with Crippen LogP contribution in [0.1, 0.15) is 34.0 Å². The van der Waals surface area contributed by atoms with E-state index < -0.39 is 0 Å². The summed E-state index contributed by atoms with van der Waals surface area (Å²) in [5.74, 6) is 0. The molecule has 0 spiro atoms. The smallest absolute Gasteiger partial charge is 0.0950 e. The van der Waals surface area contributed by atoms with Crippen molar-refractivity contribution in [3.05, 3.63) is 71.1 Å². The molecule has 97 valence electrons. The maximum Gasteiger partial charge on any atom is 0.0950 e. The van der Waals surface area contributed by atoms with Crippen LogP contribution in [0.4, 0.5) is 0 Å². The van der Waals surface area contributed by atoms with E-state index in [1.807, 2.05) is 36.9 Å². The van der Waals surface area contributed by atoms with E-state index in [2.05, 4.69) is 38.9 Å². The average Bonchev–Trinajstić information content (AvgIpc) is 2.54. The molecule has 0 amide bonds. The summed E-state index contributed by atoms with van der Waals surface area (Å²) in [5, 5.41) is 6.52. The molecule has 0 bridgehead atoms. The fourth-order valence-corrected chi connectivity index (χ4v) is 2.61. The number of nitrogens with zero attached hydrogens (tertiary/aromatic N) is 2. The van der Waals surface area contributed by atoms with Crippen LogP contribution in [0.25, 0.3) is 12.2 Å². The van der Waals surface area contributed by atoms with Gasteiger partial charge in [0.1, 0.15) is 0 Å². The lowest BCUT2D eigenvalue weighted by Crippen LogP contribution is -2.22. The molecule has 2 aliphatic rings. The topological polar surface area (TPSA) is 49.8 Å². The zero-order valence-electron chi connectivity index (χ0n) is 10.8. The van der Waals surface area contributed by atoms with Crippen LogP contribution in [-0.4, -0.2) is 9.97 Å². The maximum absolute atomic E-state index is 4.44. The average molecular weight is 261 g/mol. The van der Waals surface area contributed by atoms with Crippen LogP contribution in [0, 0.1) is 6.20 Å². The minimum Gasteiger partial charge on any atom is -0.385 e. The van der Waals surface area contributed by atoms with Crippen molar-refractivity contribution < 1.29 is 0 Å². The first-order chi connectivity index (χ1) is 9.92. The molecule has 4 nitrogen and oxygen atoms in total. The molecule has 0 fully saturated rings. The number of nitrogens with one attached hydrogen (secondary N) is 2. The van der Waals surface area contributed by atoms with Crippen molar-refractivity contribution >= 4 is 12.2 Å². The molecule has 4 heteroatoms. The van der Waals surface area contributed by atoms with E-state index in [1.54, 1.807) is 0 Å². The van der Waals surface area contributed by atoms with E-state index in [1.165, 1.54) is 5.56 Å². The number of hydrogen-bond donors (Lipinski definition) is 2. The number of pyridine rings is 2. The Balaban J connectivity index is 1.79. The highest BCUT2D eigenvalue weighted by Crippen LogP contribution is 2.29. The highest BCUT2D eigenvalue weighted by atomic mass is 14.9. The molecule has 0 saturated carbocycles. The van der Waals surface area contributed by atoms with Gasteiger partial charge in [0, 0.05) is 23.5 Å². The first-order valence-corrected chi connectivity index (χ1v) is 6.60. The number of aromatic nitrogens is 2. The first-order valence-electron chi connectivity index (χ1n) is 6.60. The third-order valence-corrected chi connectivity index (χ3v) is 3.65. The summed E-state index contributed by atoms with van der Waals surface area (Å²) < 4.78 is 0.